The Morgan fingerprint density at radius 1 is 1.35 bits per heavy atom. The van der Waals surface area contributed by atoms with Crippen LogP contribution in [0.4, 0.5) is 0 Å². The highest BCUT2D eigenvalue weighted by atomic mass is 32.2. The Labute approximate surface area is 122 Å². The van der Waals surface area contributed by atoms with Crippen LogP contribution in [-0.4, -0.2) is 35.6 Å². The van der Waals surface area contributed by atoms with E-state index in [4.69, 9.17) is 9.84 Å². The number of ether oxygens (including phenoxy) is 1. The molecule has 1 aromatic rings. The smallest absolute Gasteiger partial charge is 0.313 e. The summed E-state index contributed by atoms with van der Waals surface area (Å²) in [5.74, 6) is -0.289. The van der Waals surface area contributed by atoms with Gasteiger partial charge < -0.3 is 15.2 Å². The molecule has 0 aliphatic rings. The third-order valence-electron chi connectivity index (χ3n) is 2.72. The molecular weight excluding hydrogens is 278 g/mol. The van der Waals surface area contributed by atoms with E-state index >= 15 is 0 Å². The first-order chi connectivity index (χ1) is 9.58. The largest absolute Gasteiger partial charge is 0.496 e. The van der Waals surface area contributed by atoms with Gasteiger partial charge in [0.25, 0.3) is 0 Å². The Morgan fingerprint density at radius 3 is 2.65 bits per heavy atom. The lowest BCUT2D eigenvalue weighted by Crippen LogP contribution is -2.30. The van der Waals surface area contributed by atoms with Crippen LogP contribution in [-0.2, 0) is 9.59 Å². The van der Waals surface area contributed by atoms with Crippen molar-refractivity contribution < 1.29 is 19.4 Å². The number of carboxylic acids is 1. The summed E-state index contributed by atoms with van der Waals surface area (Å²) in [7, 11) is 1.59. The molecule has 0 heterocycles. The van der Waals surface area contributed by atoms with E-state index in [0.29, 0.717) is 0 Å². The van der Waals surface area contributed by atoms with Gasteiger partial charge in [0, 0.05) is 5.56 Å². The Kier molecular flexibility index (Phi) is 6.93. The van der Waals surface area contributed by atoms with E-state index in [9.17, 15) is 9.59 Å². The number of aliphatic carboxylic acids is 1. The quantitative estimate of drug-likeness (QED) is 0.768. The number of amides is 1. The zero-order valence-electron chi connectivity index (χ0n) is 11.6. The van der Waals surface area contributed by atoms with E-state index in [1.165, 1.54) is 0 Å². The Balaban J connectivity index is 2.62. The Hall–Kier alpha value is -1.69. The molecule has 0 aromatic heterocycles. The minimum Gasteiger partial charge on any atom is -0.496 e. The maximum atomic E-state index is 11.8. The summed E-state index contributed by atoms with van der Waals surface area (Å²) < 4.78 is 5.29. The van der Waals surface area contributed by atoms with Crippen molar-refractivity contribution in [3.63, 3.8) is 0 Å². The highest BCUT2D eigenvalue weighted by Crippen LogP contribution is 2.26. The summed E-state index contributed by atoms with van der Waals surface area (Å²) in [5, 5.41) is 11.4. The predicted molar refractivity (Wildman–Crippen MR) is 79.1 cm³/mol. The molecule has 1 atom stereocenters. The van der Waals surface area contributed by atoms with Gasteiger partial charge >= 0.3 is 5.97 Å². The van der Waals surface area contributed by atoms with Crippen LogP contribution in [0.5, 0.6) is 5.75 Å². The minimum atomic E-state index is -0.917. The van der Waals surface area contributed by atoms with Crippen molar-refractivity contribution in [3.05, 3.63) is 29.8 Å². The van der Waals surface area contributed by atoms with Crippen LogP contribution in [0, 0.1) is 0 Å². The number of rotatable bonds is 8. The van der Waals surface area contributed by atoms with E-state index in [-0.39, 0.29) is 23.5 Å². The highest BCUT2D eigenvalue weighted by molar-refractivity contribution is 8.00. The molecule has 0 fully saturated rings. The van der Waals surface area contributed by atoms with Crippen LogP contribution in [0.15, 0.2) is 24.3 Å². The average molecular weight is 297 g/mol. The van der Waals surface area contributed by atoms with Crippen molar-refractivity contribution in [3.8, 4) is 5.75 Å². The second-order valence-electron chi connectivity index (χ2n) is 4.16. The van der Waals surface area contributed by atoms with Gasteiger partial charge in [0.2, 0.25) is 5.91 Å². The van der Waals surface area contributed by atoms with E-state index in [1.54, 1.807) is 7.11 Å². The van der Waals surface area contributed by atoms with Crippen molar-refractivity contribution in [1.82, 2.24) is 5.32 Å². The lowest BCUT2D eigenvalue weighted by atomic mass is 10.0. The second-order valence-corrected chi connectivity index (χ2v) is 5.14. The summed E-state index contributed by atoms with van der Waals surface area (Å²) in [6.45, 7) is 1.97. The number of nitrogens with one attached hydrogen (secondary N) is 1. The summed E-state index contributed by atoms with van der Waals surface area (Å²) in [5.41, 5.74) is 0.925. The van der Waals surface area contributed by atoms with Crippen LogP contribution in [0.2, 0.25) is 0 Å². The summed E-state index contributed by atoms with van der Waals surface area (Å²) >= 11 is 1.08. The maximum Gasteiger partial charge on any atom is 0.313 e. The molecule has 0 spiro atoms. The van der Waals surface area contributed by atoms with Gasteiger partial charge in [0.15, 0.2) is 0 Å². The number of benzene rings is 1. The molecule has 1 amide bonds. The maximum absolute atomic E-state index is 11.8. The Bertz CT molecular complexity index is 464. The van der Waals surface area contributed by atoms with Gasteiger partial charge in [-0.2, -0.15) is 0 Å². The first-order valence-corrected chi connectivity index (χ1v) is 7.45. The number of para-hydroxylation sites is 1. The number of methoxy groups -OCH3 is 1. The van der Waals surface area contributed by atoms with Gasteiger partial charge in [-0.3, -0.25) is 9.59 Å². The zero-order chi connectivity index (χ0) is 15.0. The molecule has 0 radical (unpaired) electrons. The standard InChI is InChI=1S/C14H19NO4S/c1-3-11(10-6-4-5-7-12(10)19-2)15-13(16)8-20-9-14(17)18/h4-7,11H,3,8-9H2,1-2H3,(H,15,16)(H,17,18). The van der Waals surface area contributed by atoms with Crippen LogP contribution >= 0.6 is 11.8 Å². The number of hydrogen-bond donors (Lipinski definition) is 2. The van der Waals surface area contributed by atoms with E-state index in [2.05, 4.69) is 5.32 Å². The third-order valence-corrected chi connectivity index (χ3v) is 3.63. The monoisotopic (exact) mass is 297 g/mol. The van der Waals surface area contributed by atoms with Crippen LogP contribution in [0.25, 0.3) is 0 Å². The Morgan fingerprint density at radius 2 is 2.05 bits per heavy atom. The molecule has 2 N–H and O–H groups in total. The molecule has 1 aromatic carbocycles. The molecule has 0 bridgehead atoms. The number of hydrogen-bond acceptors (Lipinski definition) is 4. The molecule has 0 saturated heterocycles. The SMILES string of the molecule is CCC(NC(=O)CSCC(=O)O)c1ccccc1OC. The fraction of sp³-hybridized carbons (Fsp3) is 0.429. The van der Waals surface area contributed by atoms with Gasteiger partial charge in [-0.05, 0) is 12.5 Å². The molecule has 6 heteroatoms. The topological polar surface area (TPSA) is 75.6 Å². The first-order valence-electron chi connectivity index (χ1n) is 6.30. The number of carbonyl (C=O) groups excluding carboxylic acids is 1. The van der Waals surface area contributed by atoms with Crippen LogP contribution in [0.3, 0.4) is 0 Å². The van der Waals surface area contributed by atoms with Gasteiger partial charge in [0.1, 0.15) is 5.75 Å². The molecular formula is C14H19NO4S. The summed E-state index contributed by atoms with van der Waals surface area (Å²) in [4.78, 5) is 22.2. The lowest BCUT2D eigenvalue weighted by molar-refractivity contribution is -0.133. The molecule has 1 unspecified atom stereocenters. The van der Waals surface area contributed by atoms with E-state index in [0.717, 1.165) is 29.5 Å². The predicted octanol–water partition coefficient (Wildman–Crippen LogP) is 2.08. The van der Waals surface area contributed by atoms with Crippen molar-refractivity contribution in [1.29, 1.82) is 0 Å². The fourth-order valence-electron chi connectivity index (χ4n) is 1.82. The van der Waals surface area contributed by atoms with Crippen LogP contribution < -0.4 is 10.1 Å². The molecule has 0 aliphatic heterocycles. The molecule has 1 rings (SSSR count). The third kappa shape index (κ3) is 5.13. The first kappa shape index (κ1) is 16.4. The molecule has 0 saturated carbocycles. The summed E-state index contributed by atoms with van der Waals surface area (Å²) in [6.07, 6.45) is 0.732. The highest BCUT2D eigenvalue weighted by Gasteiger charge is 2.16. The van der Waals surface area contributed by atoms with E-state index < -0.39 is 5.97 Å². The van der Waals surface area contributed by atoms with Crippen LogP contribution in [0.1, 0.15) is 24.9 Å². The lowest BCUT2D eigenvalue weighted by Gasteiger charge is -2.19. The minimum absolute atomic E-state index is 0.0706. The zero-order valence-corrected chi connectivity index (χ0v) is 12.4. The molecule has 110 valence electrons. The van der Waals surface area contributed by atoms with Gasteiger partial charge in [-0.25, -0.2) is 0 Å². The van der Waals surface area contributed by atoms with Crippen molar-refractivity contribution >= 4 is 23.6 Å². The number of carboxylic acid groups (broad SMARTS) is 1. The summed E-state index contributed by atoms with van der Waals surface area (Å²) in [6, 6.07) is 7.40. The number of carbonyl (C=O) groups is 2. The molecule has 20 heavy (non-hydrogen) atoms. The second kappa shape index (κ2) is 8.47. The fourth-order valence-corrected chi connectivity index (χ4v) is 2.37. The average Bonchev–Trinajstić information content (AvgIpc) is 2.44. The normalized spacial score (nSPS) is 11.7. The van der Waals surface area contributed by atoms with Crippen molar-refractivity contribution in [2.75, 3.05) is 18.6 Å². The van der Waals surface area contributed by atoms with Crippen molar-refractivity contribution in [2.24, 2.45) is 0 Å². The molecule has 0 aliphatic carbocycles. The molecule has 5 nitrogen and oxygen atoms in total. The van der Waals surface area contributed by atoms with Crippen molar-refractivity contribution in [2.45, 2.75) is 19.4 Å². The van der Waals surface area contributed by atoms with Gasteiger partial charge in [0.05, 0.1) is 24.7 Å². The van der Waals surface area contributed by atoms with E-state index in [1.807, 2.05) is 31.2 Å². The van der Waals surface area contributed by atoms with Gasteiger partial charge in [-0.1, -0.05) is 25.1 Å². The number of thioether (sulfide) groups is 1. The van der Waals surface area contributed by atoms with Gasteiger partial charge in [-0.15, -0.1) is 11.8 Å².